The van der Waals surface area contributed by atoms with Gasteiger partial charge in [-0.25, -0.2) is 4.79 Å². The molecular formula is C31H34AcN4O7S. The molecule has 8 rings (SSSR count). The summed E-state index contributed by atoms with van der Waals surface area (Å²) in [4.78, 5) is 29.6. The van der Waals surface area contributed by atoms with Crippen LogP contribution in [0.1, 0.15) is 63.2 Å². The molecule has 229 valence electrons. The standard InChI is InChI=1S/C31H34N4O7S.Ac/c1-12-6-16-7-18-19(8-32)35-20-9-40-31(39)17(33-15(4)36)10-43-30(25(35)24(34(18)5)21(16)26(37)13(12)2)23-22(20)29-28(41-11-42-29)14(3)27(23)38;/h6,17-20,24-25,30,37-38H,7,9-11H2,1-5H3,(H,33,36);/t17-,18-,19-,20+,24+,25?,30+;/m0./s1. The number of thioether (sulfide) groups is 1. The number of esters is 1. The third-order valence-electron chi connectivity index (χ3n) is 9.99. The maximum absolute atomic E-state index is 13.3. The van der Waals surface area contributed by atoms with E-state index in [9.17, 15) is 25.1 Å². The van der Waals surface area contributed by atoms with Crippen LogP contribution in [0.25, 0.3) is 0 Å². The Morgan fingerprint density at radius 3 is 2.50 bits per heavy atom. The molecule has 0 aliphatic carbocycles. The van der Waals surface area contributed by atoms with Crippen LogP contribution >= 0.6 is 11.8 Å². The van der Waals surface area contributed by atoms with Crippen molar-refractivity contribution in [2.75, 3.05) is 26.2 Å². The molecule has 2 aromatic rings. The Morgan fingerprint density at radius 1 is 1.09 bits per heavy atom. The average molecular weight is 834 g/mol. The van der Waals surface area contributed by atoms with Gasteiger partial charge in [-0.05, 0) is 50.9 Å². The summed E-state index contributed by atoms with van der Waals surface area (Å²) >= 11 is 1.42. The maximum Gasteiger partial charge on any atom is 0.329 e. The van der Waals surface area contributed by atoms with Gasteiger partial charge in [0.15, 0.2) is 11.5 Å². The van der Waals surface area contributed by atoms with Gasteiger partial charge in [-0.2, -0.15) is 5.26 Å². The minimum atomic E-state index is -0.895. The van der Waals surface area contributed by atoms with E-state index in [1.54, 1.807) is 6.92 Å². The number of nitrogens with zero attached hydrogens (tertiary/aromatic N) is 3. The summed E-state index contributed by atoms with van der Waals surface area (Å²) in [5, 5.41) is 36.5. The van der Waals surface area contributed by atoms with E-state index in [0.29, 0.717) is 34.6 Å². The van der Waals surface area contributed by atoms with Crippen molar-refractivity contribution in [1.29, 1.82) is 5.26 Å². The van der Waals surface area contributed by atoms with Crippen molar-refractivity contribution in [2.45, 2.75) is 75.6 Å². The predicted molar refractivity (Wildman–Crippen MR) is 156 cm³/mol. The number of phenols is 2. The van der Waals surface area contributed by atoms with Crippen LogP contribution in [-0.4, -0.2) is 82.3 Å². The second-order valence-corrected chi connectivity index (χ2v) is 13.3. The van der Waals surface area contributed by atoms with E-state index in [1.165, 1.54) is 18.7 Å². The first-order valence-corrected chi connectivity index (χ1v) is 15.5. The third-order valence-corrected chi connectivity index (χ3v) is 11.4. The number of nitrogens with one attached hydrogen (secondary N) is 1. The van der Waals surface area contributed by atoms with Crippen molar-refractivity contribution in [3.8, 4) is 29.1 Å². The van der Waals surface area contributed by atoms with Gasteiger partial charge in [-0.15, -0.1) is 11.8 Å². The molecule has 1 radical (unpaired) electrons. The summed E-state index contributed by atoms with van der Waals surface area (Å²) in [6.07, 6.45) is 0.567. The largest absolute Gasteiger partial charge is 0.507 e. The van der Waals surface area contributed by atoms with Gasteiger partial charge in [0.2, 0.25) is 12.7 Å². The summed E-state index contributed by atoms with van der Waals surface area (Å²) in [5.41, 5.74) is 5.49. The van der Waals surface area contributed by atoms with Crippen LogP contribution in [0.2, 0.25) is 0 Å². The van der Waals surface area contributed by atoms with E-state index in [4.69, 9.17) is 14.2 Å². The molecule has 13 heteroatoms. The van der Waals surface area contributed by atoms with Gasteiger partial charge in [0.25, 0.3) is 0 Å². The number of aromatic hydroxyl groups is 2. The first-order valence-electron chi connectivity index (χ1n) is 14.5. The summed E-state index contributed by atoms with van der Waals surface area (Å²) in [6, 6.07) is 1.59. The van der Waals surface area contributed by atoms with Gasteiger partial charge in [-0.1, -0.05) is 6.07 Å². The zero-order valence-corrected chi connectivity index (χ0v) is 30.8. The third kappa shape index (κ3) is 4.46. The van der Waals surface area contributed by atoms with E-state index in [2.05, 4.69) is 27.3 Å². The second-order valence-electron chi connectivity index (χ2n) is 12.2. The summed E-state index contributed by atoms with van der Waals surface area (Å²) < 4.78 is 17.7. The Kier molecular flexibility index (Phi) is 8.33. The molecule has 3 N–H and O–H groups in total. The first kappa shape index (κ1) is 31.8. The molecular weight excluding hydrogens is 799 g/mol. The molecule has 4 bridgehead atoms. The normalized spacial score (nSPS) is 30.2. The van der Waals surface area contributed by atoms with Crippen LogP contribution in [0.15, 0.2) is 6.07 Å². The van der Waals surface area contributed by atoms with Crippen molar-refractivity contribution >= 4 is 23.6 Å². The summed E-state index contributed by atoms with van der Waals surface area (Å²) in [5.74, 6) is 0.513. The van der Waals surface area contributed by atoms with E-state index in [0.717, 1.165) is 22.3 Å². The van der Waals surface area contributed by atoms with Crippen molar-refractivity contribution in [3.05, 3.63) is 45.0 Å². The molecule has 1 unspecified atom stereocenters. The van der Waals surface area contributed by atoms with Crippen molar-refractivity contribution in [2.24, 2.45) is 0 Å². The average Bonchev–Trinajstić information content (AvgIpc) is 3.46. The number of piperazine rings is 1. The quantitative estimate of drug-likeness (QED) is 0.365. The van der Waals surface area contributed by atoms with Crippen molar-refractivity contribution < 1.29 is 78.1 Å². The molecule has 0 saturated carbocycles. The first-order chi connectivity index (χ1) is 20.5. The smallest absolute Gasteiger partial charge is 0.329 e. The monoisotopic (exact) mass is 833 g/mol. The van der Waals surface area contributed by atoms with E-state index in [1.807, 2.05) is 20.9 Å². The molecule has 6 heterocycles. The van der Waals surface area contributed by atoms with Crippen LogP contribution in [0, 0.1) is 76.2 Å². The van der Waals surface area contributed by atoms with Crippen LogP contribution < -0.4 is 14.8 Å². The molecule has 0 spiro atoms. The minimum Gasteiger partial charge on any atom is -0.507 e. The van der Waals surface area contributed by atoms with Crippen molar-refractivity contribution in [3.63, 3.8) is 0 Å². The van der Waals surface area contributed by atoms with Gasteiger partial charge in [-0.3, -0.25) is 14.6 Å². The van der Waals surface area contributed by atoms with Crippen LogP contribution in [0.3, 0.4) is 0 Å². The molecule has 44 heavy (non-hydrogen) atoms. The fraction of sp³-hybridized carbons (Fsp3) is 0.516. The Labute approximate surface area is 295 Å². The number of hydrogen-bond acceptors (Lipinski definition) is 11. The number of fused-ring (bicyclic) bond motifs is 10. The number of carbonyl (C=O) groups is 2. The molecule has 6 aliphatic heterocycles. The maximum atomic E-state index is 13.3. The number of nitriles is 1. The molecule has 0 aromatic heterocycles. The minimum absolute atomic E-state index is 0. The van der Waals surface area contributed by atoms with E-state index >= 15 is 0 Å². The summed E-state index contributed by atoms with van der Waals surface area (Å²) in [6.45, 7) is 6.89. The Balaban J connectivity index is 0.00000343. The number of rotatable bonds is 1. The van der Waals surface area contributed by atoms with Crippen LogP contribution in [-0.2, 0) is 20.7 Å². The molecule has 7 atom stereocenters. The number of ether oxygens (including phenoxy) is 3. The Bertz CT molecular complexity index is 1630. The molecule has 11 nitrogen and oxygen atoms in total. The van der Waals surface area contributed by atoms with Gasteiger partial charge in [0.05, 0.1) is 23.4 Å². The molecule has 1 amide bonds. The summed E-state index contributed by atoms with van der Waals surface area (Å²) in [7, 11) is 2.00. The molecule has 2 saturated heterocycles. The number of amides is 1. The molecule has 6 aliphatic rings. The number of likely N-dealkylation sites (N-methyl/N-ethyl adjacent to an activating group) is 1. The van der Waals surface area contributed by atoms with Gasteiger partial charge in [0, 0.05) is 91.1 Å². The molecule has 2 fully saturated rings. The van der Waals surface area contributed by atoms with Crippen LogP contribution in [0.4, 0.5) is 0 Å². The SMILES string of the molecule is CC(=O)N[C@H]1CS[C@@H]2c3c(O)c(C)c4c(c3[C@@H](COC1=O)N1C2[C@H]2c3c(cc(C)c(C)c3O)C[C@@H]([C@@H]1C#N)N2C)OCO4.[Ac]. The zero-order chi connectivity index (χ0) is 30.5. The van der Waals surface area contributed by atoms with Crippen molar-refractivity contribution in [1.82, 2.24) is 15.1 Å². The topological polar surface area (TPSA) is 145 Å². The number of carbonyl (C=O) groups excluding carboxylic acids is 2. The fourth-order valence-electron chi connectivity index (χ4n) is 7.92. The number of aryl methyl sites for hydroxylation is 1. The van der Waals surface area contributed by atoms with Crippen LogP contribution in [0.5, 0.6) is 23.0 Å². The van der Waals surface area contributed by atoms with E-state index in [-0.39, 0.29) is 92.7 Å². The van der Waals surface area contributed by atoms with Gasteiger partial charge >= 0.3 is 5.97 Å². The van der Waals surface area contributed by atoms with E-state index < -0.39 is 35.4 Å². The number of phenolic OH excluding ortho intramolecular Hbond substituents is 2. The number of benzene rings is 2. The second kappa shape index (κ2) is 11.5. The fourth-order valence-corrected chi connectivity index (χ4v) is 9.43. The number of hydrogen-bond donors (Lipinski definition) is 3. The molecule has 2 aromatic carbocycles. The van der Waals surface area contributed by atoms with Gasteiger partial charge < -0.3 is 29.7 Å². The predicted octanol–water partition coefficient (Wildman–Crippen LogP) is 2.82. The van der Waals surface area contributed by atoms with Gasteiger partial charge in [0.1, 0.15) is 30.2 Å². The zero-order valence-electron chi connectivity index (χ0n) is 25.2. The Hall–Kier alpha value is -2.22. The Morgan fingerprint density at radius 2 is 1.80 bits per heavy atom.